The maximum atomic E-state index is 5.96. The topological polar surface area (TPSA) is 21.3 Å². The zero-order valence-corrected chi connectivity index (χ0v) is 11.3. The van der Waals surface area contributed by atoms with Gasteiger partial charge in [0.1, 0.15) is 0 Å². The molecular weight excluding hydrogens is 242 g/mol. The predicted octanol–water partition coefficient (Wildman–Crippen LogP) is 3.48. The lowest BCUT2D eigenvalue weighted by Gasteiger charge is -2.19. The van der Waals surface area contributed by atoms with Gasteiger partial charge in [0.2, 0.25) is 0 Å². The normalized spacial score (nSPS) is 25.5. The number of halogens is 1. The quantitative estimate of drug-likeness (QED) is 0.894. The minimum absolute atomic E-state index is 0.240. The van der Waals surface area contributed by atoms with Crippen LogP contribution in [-0.2, 0) is 4.74 Å². The first-order chi connectivity index (χ1) is 7.66. The maximum absolute atomic E-state index is 5.96. The van der Waals surface area contributed by atoms with Crippen molar-refractivity contribution in [3.8, 4) is 0 Å². The van der Waals surface area contributed by atoms with Gasteiger partial charge in [-0.15, -0.1) is 11.3 Å². The number of hydrogen-bond acceptors (Lipinski definition) is 3. The van der Waals surface area contributed by atoms with Gasteiger partial charge in [0, 0.05) is 30.0 Å². The Bertz CT molecular complexity index is 340. The van der Waals surface area contributed by atoms with Crippen molar-refractivity contribution in [3.05, 3.63) is 21.3 Å². The first kappa shape index (κ1) is 12.4. The molecule has 4 heteroatoms. The van der Waals surface area contributed by atoms with E-state index in [2.05, 4.69) is 25.2 Å². The highest BCUT2D eigenvalue weighted by molar-refractivity contribution is 7.16. The molecule has 1 aliphatic rings. The van der Waals surface area contributed by atoms with Crippen LogP contribution in [0, 0.1) is 5.92 Å². The molecule has 0 saturated carbocycles. The molecule has 2 nitrogen and oxygen atoms in total. The molecule has 1 N–H and O–H groups in total. The van der Waals surface area contributed by atoms with E-state index in [1.54, 1.807) is 11.3 Å². The molecule has 0 aromatic carbocycles. The molecule has 1 aromatic heterocycles. The van der Waals surface area contributed by atoms with Crippen LogP contribution in [-0.4, -0.2) is 19.2 Å². The Morgan fingerprint density at radius 2 is 2.38 bits per heavy atom. The highest BCUT2D eigenvalue weighted by atomic mass is 35.5. The van der Waals surface area contributed by atoms with E-state index in [1.165, 1.54) is 4.88 Å². The van der Waals surface area contributed by atoms with Gasteiger partial charge < -0.3 is 10.1 Å². The van der Waals surface area contributed by atoms with Crippen molar-refractivity contribution in [3.63, 3.8) is 0 Å². The second-order valence-electron chi connectivity index (χ2n) is 4.54. The molecule has 16 heavy (non-hydrogen) atoms. The number of hydrogen-bond donors (Lipinski definition) is 1. The van der Waals surface area contributed by atoms with Crippen molar-refractivity contribution >= 4 is 22.9 Å². The average Bonchev–Trinajstić information content (AvgIpc) is 2.82. The van der Waals surface area contributed by atoms with Crippen LogP contribution in [0.4, 0.5) is 0 Å². The van der Waals surface area contributed by atoms with Crippen LogP contribution in [0.1, 0.15) is 31.2 Å². The van der Waals surface area contributed by atoms with Gasteiger partial charge in [0.05, 0.1) is 10.4 Å². The molecule has 1 fully saturated rings. The van der Waals surface area contributed by atoms with Crippen LogP contribution in [0.3, 0.4) is 0 Å². The molecular formula is C12H18ClNOS. The fourth-order valence-corrected chi connectivity index (χ4v) is 3.23. The van der Waals surface area contributed by atoms with E-state index < -0.39 is 0 Å². The third-order valence-electron chi connectivity index (χ3n) is 2.88. The molecule has 2 heterocycles. The maximum Gasteiger partial charge on any atom is 0.0958 e. The third kappa shape index (κ3) is 2.98. The average molecular weight is 260 g/mol. The molecule has 0 spiro atoms. The summed E-state index contributed by atoms with van der Waals surface area (Å²) >= 11 is 7.60. The summed E-state index contributed by atoms with van der Waals surface area (Å²) in [6, 6.07) is 4.58. The van der Waals surface area contributed by atoms with Gasteiger partial charge in [-0.25, -0.2) is 0 Å². The second kappa shape index (κ2) is 5.50. The lowest BCUT2D eigenvalue weighted by atomic mass is 10.00. The van der Waals surface area contributed by atoms with Crippen LogP contribution in [0.15, 0.2) is 12.1 Å². The van der Waals surface area contributed by atoms with Crippen molar-refractivity contribution in [2.45, 2.75) is 32.4 Å². The highest BCUT2D eigenvalue weighted by Crippen LogP contribution is 2.38. The fraction of sp³-hybridized carbons (Fsp3) is 0.667. The molecule has 0 aliphatic carbocycles. The molecule has 90 valence electrons. The second-order valence-corrected chi connectivity index (χ2v) is 6.29. The largest absolute Gasteiger partial charge is 0.372 e. The van der Waals surface area contributed by atoms with Crippen molar-refractivity contribution in [2.24, 2.45) is 5.92 Å². The number of rotatable bonds is 4. The van der Waals surface area contributed by atoms with Gasteiger partial charge in [0.25, 0.3) is 0 Å². The number of thiophene rings is 1. The Morgan fingerprint density at radius 1 is 1.56 bits per heavy atom. The Balaban J connectivity index is 1.98. The smallest absolute Gasteiger partial charge is 0.0958 e. The van der Waals surface area contributed by atoms with E-state index in [0.29, 0.717) is 12.0 Å². The van der Waals surface area contributed by atoms with Gasteiger partial charge in [0.15, 0.2) is 0 Å². The minimum Gasteiger partial charge on any atom is -0.372 e. The summed E-state index contributed by atoms with van der Waals surface area (Å²) in [5.74, 6) is 0.581. The molecule has 1 aromatic rings. The van der Waals surface area contributed by atoms with Crippen LogP contribution in [0.25, 0.3) is 0 Å². The lowest BCUT2D eigenvalue weighted by Crippen LogP contribution is -2.30. The minimum atomic E-state index is 0.240. The molecule has 0 radical (unpaired) electrons. The molecule has 1 aliphatic heterocycles. The summed E-state index contributed by atoms with van der Waals surface area (Å²) in [6.45, 7) is 6.24. The fourth-order valence-electron chi connectivity index (χ4n) is 2.03. The van der Waals surface area contributed by atoms with E-state index in [1.807, 2.05) is 6.07 Å². The zero-order chi connectivity index (χ0) is 11.5. The molecule has 0 bridgehead atoms. The van der Waals surface area contributed by atoms with Gasteiger partial charge in [-0.1, -0.05) is 25.4 Å². The number of nitrogens with one attached hydrogen (secondary N) is 1. The first-order valence-corrected chi connectivity index (χ1v) is 6.96. The van der Waals surface area contributed by atoms with Gasteiger partial charge in [-0.3, -0.25) is 0 Å². The zero-order valence-electron chi connectivity index (χ0n) is 9.70. The van der Waals surface area contributed by atoms with Gasteiger partial charge >= 0.3 is 0 Å². The van der Waals surface area contributed by atoms with Gasteiger partial charge in [-0.2, -0.15) is 0 Å². The number of ether oxygens (including phenoxy) is 1. The third-order valence-corrected chi connectivity index (χ3v) is 4.17. The van der Waals surface area contributed by atoms with E-state index in [0.717, 1.165) is 23.9 Å². The molecule has 1 saturated heterocycles. The van der Waals surface area contributed by atoms with E-state index in [9.17, 15) is 0 Å². The van der Waals surface area contributed by atoms with Crippen molar-refractivity contribution < 1.29 is 4.74 Å². The van der Waals surface area contributed by atoms with Crippen molar-refractivity contribution in [1.29, 1.82) is 0 Å². The Labute approximate surface area is 106 Å². The molecule has 2 atom stereocenters. The molecule has 2 rings (SSSR count). The van der Waals surface area contributed by atoms with Crippen molar-refractivity contribution in [1.82, 2.24) is 5.32 Å². The predicted molar refractivity (Wildman–Crippen MR) is 69.3 cm³/mol. The van der Waals surface area contributed by atoms with Crippen molar-refractivity contribution in [2.75, 3.05) is 13.2 Å². The lowest BCUT2D eigenvalue weighted by molar-refractivity contribution is 0.0929. The highest BCUT2D eigenvalue weighted by Gasteiger charge is 2.30. The van der Waals surface area contributed by atoms with E-state index in [-0.39, 0.29) is 6.10 Å². The molecule has 2 unspecified atom stereocenters. The van der Waals surface area contributed by atoms with E-state index in [4.69, 9.17) is 16.3 Å². The van der Waals surface area contributed by atoms with Crippen LogP contribution in [0.2, 0.25) is 4.34 Å². The Morgan fingerprint density at radius 3 is 3.00 bits per heavy atom. The van der Waals surface area contributed by atoms with Crippen LogP contribution in [0.5, 0.6) is 0 Å². The molecule has 0 amide bonds. The summed E-state index contributed by atoms with van der Waals surface area (Å²) in [5.41, 5.74) is 0. The first-order valence-electron chi connectivity index (χ1n) is 5.77. The Kier molecular flexibility index (Phi) is 4.25. The summed E-state index contributed by atoms with van der Waals surface area (Å²) < 4.78 is 6.66. The van der Waals surface area contributed by atoms with E-state index >= 15 is 0 Å². The summed E-state index contributed by atoms with van der Waals surface area (Å²) in [7, 11) is 0. The summed E-state index contributed by atoms with van der Waals surface area (Å²) in [5, 5.41) is 3.49. The summed E-state index contributed by atoms with van der Waals surface area (Å²) in [6.07, 6.45) is 1.38. The van der Waals surface area contributed by atoms with Gasteiger partial charge in [-0.05, 0) is 18.6 Å². The van der Waals surface area contributed by atoms with Crippen LogP contribution < -0.4 is 5.32 Å². The van der Waals surface area contributed by atoms with Crippen LogP contribution >= 0.6 is 22.9 Å². The summed E-state index contributed by atoms with van der Waals surface area (Å²) in [4.78, 5) is 1.26. The SMILES string of the molecule is CC(C)NCC1CCOC1c1ccc(Cl)s1. The Hall–Kier alpha value is -0.0900. The monoisotopic (exact) mass is 259 g/mol. The standard InChI is InChI=1S/C12H18ClNOS/c1-8(2)14-7-9-5-6-15-12(9)10-3-4-11(13)16-10/h3-4,8-9,12,14H,5-7H2,1-2H3.